The maximum atomic E-state index is 12.1. The lowest BCUT2D eigenvalue weighted by Gasteiger charge is -2.16. The average molecular weight is 919 g/mol. The summed E-state index contributed by atoms with van der Waals surface area (Å²) in [6.07, 6.45) is 19.5. The standard InChI is InChI=1S/C19H24N6O2.C11H15N5O2.C9H10F3NO3S.2CH4/c1-21-10-16(13-6-4-5-7-13)25-11-14(9-24-25)18-15(8-17(26-2)27-3)19(20)23-12-22-18;1-17-9(18-2)3-8-10(7-4-15-16-5-7)13-6-14-11(8)12;10-9(11,12)17(14,15)16-8(5-6-13)7-3-1-2-4-7;;/h9-13,17H,4-8H2,2-3H3,(H2,20,22,23);4-6,9H,3H2,1-2H3,(H,15,16)(H2,12,13,14);5,7H,1-4H2;2*1H4/b16-10-;;;;. The molecule has 6 rings (SSSR count). The molecule has 23 heteroatoms. The van der Waals surface area contributed by atoms with Gasteiger partial charge in [-0.1, -0.05) is 40.5 Å². The van der Waals surface area contributed by atoms with Crippen molar-refractivity contribution in [1.82, 2.24) is 39.9 Å². The van der Waals surface area contributed by atoms with E-state index in [0.29, 0.717) is 48.9 Å². The summed E-state index contributed by atoms with van der Waals surface area (Å²) in [7, 11) is 0.631. The fourth-order valence-electron chi connectivity index (χ4n) is 6.87. The van der Waals surface area contributed by atoms with E-state index < -0.39 is 33.6 Å². The monoisotopic (exact) mass is 918 g/mol. The molecule has 0 saturated heterocycles. The molecule has 2 aliphatic carbocycles. The van der Waals surface area contributed by atoms with Crippen LogP contribution in [0.3, 0.4) is 0 Å². The summed E-state index contributed by atoms with van der Waals surface area (Å²) < 4.78 is 84.6. The number of nitrogens with one attached hydrogen (secondary N) is 1. The Morgan fingerprint density at radius 2 is 1.39 bits per heavy atom. The number of anilines is 2. The van der Waals surface area contributed by atoms with Crippen LogP contribution >= 0.6 is 0 Å². The van der Waals surface area contributed by atoms with Gasteiger partial charge in [-0.2, -0.15) is 37.0 Å². The molecule has 5 N–H and O–H groups in total. The minimum absolute atomic E-state index is 0. The molecule has 19 nitrogen and oxygen atoms in total. The lowest BCUT2D eigenvalue weighted by Crippen LogP contribution is -2.26. The highest BCUT2D eigenvalue weighted by Crippen LogP contribution is 2.36. The molecule has 2 saturated carbocycles. The van der Waals surface area contributed by atoms with Gasteiger partial charge in [0.1, 0.15) is 30.0 Å². The van der Waals surface area contributed by atoms with Gasteiger partial charge < -0.3 is 34.6 Å². The number of nitrogen functional groups attached to an aromatic ring is 2. The van der Waals surface area contributed by atoms with Crippen molar-refractivity contribution in [3.63, 3.8) is 0 Å². The maximum absolute atomic E-state index is 12.1. The van der Waals surface area contributed by atoms with Crippen LogP contribution in [0.15, 0.2) is 55.5 Å². The van der Waals surface area contributed by atoms with Gasteiger partial charge in [0.05, 0.1) is 42.5 Å². The number of aromatic amines is 1. The van der Waals surface area contributed by atoms with Crippen molar-refractivity contribution in [3.8, 4) is 28.6 Å². The van der Waals surface area contributed by atoms with Crippen molar-refractivity contribution in [2.75, 3.05) is 39.9 Å². The number of H-pyrrole nitrogens is 1. The molecule has 0 aromatic carbocycles. The summed E-state index contributed by atoms with van der Waals surface area (Å²) in [6, 6.07) is 1.50. The molecule has 0 aliphatic heterocycles. The second-order valence-corrected chi connectivity index (χ2v) is 15.4. The predicted octanol–water partition coefficient (Wildman–Crippen LogP) is 7.32. The van der Waals surface area contributed by atoms with E-state index >= 15 is 0 Å². The fraction of sp³-hybridized carbons (Fsp3) is 0.512. The lowest BCUT2D eigenvalue weighted by molar-refractivity contribution is -0.100. The van der Waals surface area contributed by atoms with Gasteiger partial charge >= 0.3 is 15.6 Å². The van der Waals surface area contributed by atoms with Crippen LogP contribution in [0.25, 0.3) is 33.1 Å². The largest absolute Gasteiger partial charge is 0.534 e. The Hall–Kier alpha value is -5.98. The Morgan fingerprint density at radius 3 is 1.83 bits per heavy atom. The minimum atomic E-state index is -5.68. The molecular weight excluding hydrogens is 862 g/mol. The van der Waals surface area contributed by atoms with E-state index in [1.165, 1.54) is 31.6 Å². The van der Waals surface area contributed by atoms with Crippen LogP contribution in [-0.2, 0) is 46.1 Å². The number of nitrogens with two attached hydrogens (primary N) is 2. The highest BCUT2D eigenvalue weighted by Gasteiger charge is 2.49. The van der Waals surface area contributed by atoms with Gasteiger partial charge in [-0.25, -0.2) is 24.8 Å². The third-order valence-electron chi connectivity index (χ3n) is 10.1. The molecule has 0 unspecified atom stereocenters. The second-order valence-electron chi connectivity index (χ2n) is 13.8. The van der Waals surface area contributed by atoms with Crippen molar-refractivity contribution < 1.29 is 44.7 Å². The first kappa shape index (κ1) is 54.2. The van der Waals surface area contributed by atoms with Gasteiger partial charge in [0.2, 0.25) is 0 Å². The lowest BCUT2D eigenvalue weighted by atomic mass is 10.0. The molecule has 2 fully saturated rings. The smallest absolute Gasteiger partial charge is 0.383 e. The quantitative estimate of drug-likeness (QED) is 0.0263. The molecule has 2 aliphatic rings. The third-order valence-corrected chi connectivity index (χ3v) is 11.0. The van der Waals surface area contributed by atoms with Crippen LogP contribution in [0.4, 0.5) is 24.8 Å². The summed E-state index contributed by atoms with van der Waals surface area (Å²) in [5.74, 6) is 0.335. The maximum Gasteiger partial charge on any atom is 0.534 e. The number of allylic oxidation sites excluding steroid dienone is 3. The van der Waals surface area contributed by atoms with Crippen LogP contribution in [0.1, 0.15) is 77.3 Å². The van der Waals surface area contributed by atoms with Gasteiger partial charge in [-0.05, 0) is 31.6 Å². The van der Waals surface area contributed by atoms with Crippen molar-refractivity contribution in [2.45, 2.75) is 97.1 Å². The zero-order valence-corrected chi connectivity index (χ0v) is 35.4. The van der Waals surface area contributed by atoms with Crippen LogP contribution in [0.5, 0.6) is 0 Å². The number of hydrogen-bond donors (Lipinski definition) is 3. The van der Waals surface area contributed by atoms with E-state index in [4.69, 9.17) is 42.2 Å². The number of alkyl halides is 3. The van der Waals surface area contributed by atoms with Crippen LogP contribution in [0, 0.1) is 29.7 Å². The Kier molecular flexibility index (Phi) is 22.0. The summed E-state index contributed by atoms with van der Waals surface area (Å²) >= 11 is 0. The highest BCUT2D eigenvalue weighted by atomic mass is 32.2. The first-order chi connectivity index (χ1) is 29.7. The number of hydrogen-bond acceptors (Lipinski definition) is 16. The predicted molar refractivity (Wildman–Crippen MR) is 233 cm³/mol. The molecule has 0 atom stereocenters. The van der Waals surface area contributed by atoms with E-state index in [-0.39, 0.29) is 21.1 Å². The van der Waals surface area contributed by atoms with Crippen molar-refractivity contribution in [1.29, 1.82) is 5.26 Å². The second kappa shape index (κ2) is 26.0. The van der Waals surface area contributed by atoms with Gasteiger partial charge in [0.15, 0.2) is 18.8 Å². The van der Waals surface area contributed by atoms with Gasteiger partial charge in [0, 0.05) is 87.5 Å². The number of nitriles is 1. The Bertz CT molecular complexity index is 2290. The molecule has 4 aromatic rings. The number of methoxy groups -OCH3 is 4. The van der Waals surface area contributed by atoms with Crippen LogP contribution in [0.2, 0.25) is 0 Å². The topological polar surface area (TPSA) is 259 Å². The summed E-state index contributed by atoms with van der Waals surface area (Å²) in [4.78, 5) is 20.2. The fourth-order valence-corrected chi connectivity index (χ4v) is 7.41. The number of nitrogens with zero attached hydrogens (tertiary/aromatic N) is 9. The Balaban J connectivity index is 0.000000338. The molecule has 0 spiro atoms. The number of aromatic nitrogens is 8. The van der Waals surface area contributed by atoms with E-state index in [2.05, 4.69) is 44.3 Å². The average Bonchev–Trinajstić information content (AvgIpc) is 4.11. The summed E-state index contributed by atoms with van der Waals surface area (Å²) in [5.41, 5.74) is 12.1. The summed E-state index contributed by atoms with van der Waals surface area (Å²) in [5, 5.41) is 19.5. The van der Waals surface area contributed by atoms with Crippen LogP contribution < -0.4 is 11.5 Å². The first-order valence-electron chi connectivity index (χ1n) is 19.2. The van der Waals surface area contributed by atoms with E-state index in [1.54, 1.807) is 57.9 Å². The first-order valence-corrected chi connectivity index (χ1v) is 20.6. The Morgan fingerprint density at radius 1 is 0.891 bits per heavy atom. The normalized spacial score (nSPS) is 14.7. The minimum Gasteiger partial charge on any atom is -0.383 e. The number of rotatable bonds is 15. The van der Waals surface area contributed by atoms with Gasteiger partial charge in [0.25, 0.3) is 0 Å². The van der Waals surface area contributed by atoms with Crippen molar-refractivity contribution in [2.24, 2.45) is 11.8 Å². The Labute approximate surface area is 372 Å². The molecule has 0 bridgehead atoms. The van der Waals surface area contributed by atoms with Gasteiger partial charge in [-0.15, -0.1) is 0 Å². The van der Waals surface area contributed by atoms with Crippen LogP contribution in [-0.4, -0.2) is 94.9 Å². The molecule has 64 heavy (non-hydrogen) atoms. The number of halogens is 3. The van der Waals surface area contributed by atoms with Crippen molar-refractivity contribution >= 4 is 27.5 Å². The van der Waals surface area contributed by atoms with E-state index in [0.717, 1.165) is 65.4 Å². The molecule has 0 amide bonds. The van der Waals surface area contributed by atoms with E-state index in [9.17, 15) is 21.6 Å². The zero-order valence-electron chi connectivity index (χ0n) is 34.6. The molecule has 350 valence electrons. The molecule has 4 aromatic heterocycles. The summed E-state index contributed by atoms with van der Waals surface area (Å²) in [6.45, 7) is 7.24. The van der Waals surface area contributed by atoms with Crippen molar-refractivity contribution in [3.05, 3.63) is 78.0 Å². The molecule has 0 radical (unpaired) electrons. The van der Waals surface area contributed by atoms with E-state index in [1.807, 2.05) is 6.20 Å². The molecule has 4 heterocycles. The zero-order chi connectivity index (χ0) is 45.3. The molecular formula is C41H57F3N12O7S. The number of ether oxygens (including phenoxy) is 4. The third kappa shape index (κ3) is 14.5. The highest BCUT2D eigenvalue weighted by molar-refractivity contribution is 7.87. The SMILES string of the molecule is C.C.COC(Cc1c(N)ncnc1-c1cn[nH]c1)OC.N#CC=C(OS(=O)(=O)C(F)(F)F)C1CCCC1.[C-]#[N+]/C=C(/C1CCCC1)n1cc(-c2ncnc(N)c2CC(OC)OC)cn1. The van der Waals surface area contributed by atoms with Gasteiger partial charge in [-0.3, -0.25) is 9.78 Å².